The Morgan fingerprint density at radius 3 is 2.48 bits per heavy atom. The van der Waals surface area contributed by atoms with Crippen molar-refractivity contribution in [1.82, 2.24) is 4.90 Å². The van der Waals surface area contributed by atoms with E-state index in [1.54, 1.807) is 0 Å². The van der Waals surface area contributed by atoms with Gasteiger partial charge >= 0.3 is 12.1 Å². The van der Waals surface area contributed by atoms with Gasteiger partial charge in [0.25, 0.3) is 0 Å². The summed E-state index contributed by atoms with van der Waals surface area (Å²) in [7, 11) is 0. The van der Waals surface area contributed by atoms with Crippen molar-refractivity contribution in [3.8, 4) is 0 Å². The third-order valence-electron chi connectivity index (χ3n) is 3.71. The van der Waals surface area contributed by atoms with Gasteiger partial charge in [-0.2, -0.15) is 13.2 Å². The molecule has 0 radical (unpaired) electrons. The Morgan fingerprint density at radius 1 is 1.33 bits per heavy atom. The Hall–Kier alpha value is -1.70. The fraction of sp³-hybridized carbons (Fsp3) is 0.462. The molecule has 0 bridgehead atoms. The number of rotatable bonds is 3. The van der Waals surface area contributed by atoms with E-state index in [1.165, 1.54) is 4.90 Å². The largest absolute Gasteiger partial charge is 0.481 e. The molecule has 0 aliphatic carbocycles. The summed E-state index contributed by atoms with van der Waals surface area (Å²) in [5.74, 6) is -3.58. The minimum atomic E-state index is -4.88. The van der Waals surface area contributed by atoms with Crippen molar-refractivity contribution in [3.63, 3.8) is 0 Å². The van der Waals surface area contributed by atoms with E-state index in [1.807, 2.05) is 0 Å². The number of alkyl halides is 3. The van der Waals surface area contributed by atoms with Gasteiger partial charge in [-0.05, 0) is 12.5 Å². The highest BCUT2D eigenvalue weighted by Gasteiger charge is 2.63. The first-order chi connectivity index (χ1) is 9.65. The summed E-state index contributed by atoms with van der Waals surface area (Å²) < 4.78 is 65.2. The molecule has 1 aliphatic heterocycles. The van der Waals surface area contributed by atoms with Crippen LogP contribution in [0.4, 0.5) is 22.0 Å². The third-order valence-corrected chi connectivity index (χ3v) is 3.71. The first-order valence-corrected chi connectivity index (χ1v) is 6.12. The van der Waals surface area contributed by atoms with Gasteiger partial charge in [0.15, 0.2) is 5.41 Å². The zero-order chi connectivity index (χ0) is 15.8. The fourth-order valence-corrected chi connectivity index (χ4v) is 2.44. The predicted octanol–water partition coefficient (Wildman–Crippen LogP) is 2.80. The van der Waals surface area contributed by atoms with E-state index >= 15 is 0 Å². The number of likely N-dealkylation sites (tertiary alicyclic amines) is 1. The van der Waals surface area contributed by atoms with Crippen LogP contribution in [0.2, 0.25) is 0 Å². The van der Waals surface area contributed by atoms with Gasteiger partial charge in [0.05, 0.1) is 0 Å². The average Bonchev–Trinajstić information content (AvgIpc) is 2.77. The topological polar surface area (TPSA) is 40.5 Å². The minimum Gasteiger partial charge on any atom is -0.481 e. The van der Waals surface area contributed by atoms with E-state index in [0.29, 0.717) is 6.07 Å². The van der Waals surface area contributed by atoms with Crippen LogP contribution >= 0.6 is 0 Å². The zero-order valence-corrected chi connectivity index (χ0v) is 10.8. The van der Waals surface area contributed by atoms with Gasteiger partial charge in [0, 0.05) is 31.3 Å². The molecule has 1 fully saturated rings. The van der Waals surface area contributed by atoms with Gasteiger partial charge in [0.2, 0.25) is 0 Å². The summed E-state index contributed by atoms with van der Waals surface area (Å²) in [5.41, 5.74) is -2.80. The van der Waals surface area contributed by atoms with Crippen LogP contribution in [0.3, 0.4) is 0 Å². The number of hydrogen-bond donors (Lipinski definition) is 1. The zero-order valence-electron chi connectivity index (χ0n) is 10.8. The number of carbonyl (C=O) groups is 1. The minimum absolute atomic E-state index is 0.0276. The number of benzene rings is 1. The molecule has 8 heteroatoms. The van der Waals surface area contributed by atoms with Gasteiger partial charge in [-0.3, -0.25) is 9.69 Å². The maximum atomic E-state index is 13.5. The monoisotopic (exact) mass is 309 g/mol. The molecule has 2 rings (SSSR count). The van der Waals surface area contributed by atoms with Crippen molar-refractivity contribution in [2.24, 2.45) is 5.41 Å². The van der Waals surface area contributed by atoms with Crippen molar-refractivity contribution >= 4 is 5.97 Å². The van der Waals surface area contributed by atoms with E-state index in [4.69, 9.17) is 5.11 Å². The highest BCUT2D eigenvalue weighted by atomic mass is 19.4. The second kappa shape index (κ2) is 5.25. The molecule has 0 saturated carbocycles. The second-order valence-corrected chi connectivity index (χ2v) is 5.08. The first-order valence-electron chi connectivity index (χ1n) is 6.12. The molecule has 0 spiro atoms. The summed E-state index contributed by atoms with van der Waals surface area (Å²) in [6, 6.07) is 2.78. The summed E-state index contributed by atoms with van der Waals surface area (Å²) in [4.78, 5) is 12.2. The van der Waals surface area contributed by atoms with Crippen LogP contribution in [0.25, 0.3) is 0 Å². The molecule has 1 aromatic carbocycles. The molecular weight excluding hydrogens is 297 g/mol. The van der Waals surface area contributed by atoms with Crippen LogP contribution in [-0.4, -0.2) is 35.2 Å². The molecule has 0 aromatic heterocycles. The molecule has 116 valence electrons. The maximum absolute atomic E-state index is 13.5. The lowest BCUT2D eigenvalue weighted by Gasteiger charge is -2.27. The molecular formula is C13H12F5NO2. The molecule has 21 heavy (non-hydrogen) atoms. The predicted molar refractivity (Wildman–Crippen MR) is 62.4 cm³/mol. The van der Waals surface area contributed by atoms with Crippen molar-refractivity contribution in [3.05, 3.63) is 35.4 Å². The normalized spacial score (nSPS) is 23.5. The van der Waals surface area contributed by atoms with Crippen LogP contribution in [0, 0.1) is 17.0 Å². The Labute approximate surface area is 117 Å². The molecule has 1 aliphatic rings. The molecule has 3 nitrogen and oxygen atoms in total. The second-order valence-electron chi connectivity index (χ2n) is 5.08. The summed E-state index contributed by atoms with van der Waals surface area (Å²) in [6.45, 7) is -1.07. The standard InChI is InChI=1S/C13H12F5NO2/c14-9-2-1-8(10(15)5-9)6-19-4-3-12(7-19,11(20)21)13(16,17)18/h1-2,5H,3-4,6-7H2,(H,20,21). The van der Waals surface area contributed by atoms with Crippen molar-refractivity contribution in [2.45, 2.75) is 19.1 Å². The molecule has 1 N–H and O–H groups in total. The summed E-state index contributed by atoms with van der Waals surface area (Å²) in [6.07, 6.45) is -5.47. The highest BCUT2D eigenvalue weighted by molar-refractivity contribution is 5.76. The molecule has 1 aromatic rings. The fourth-order valence-electron chi connectivity index (χ4n) is 2.44. The van der Waals surface area contributed by atoms with Gasteiger partial charge in [-0.15, -0.1) is 0 Å². The lowest BCUT2D eigenvalue weighted by molar-refractivity contribution is -0.227. The van der Waals surface area contributed by atoms with Crippen LogP contribution in [-0.2, 0) is 11.3 Å². The van der Waals surface area contributed by atoms with Crippen molar-refractivity contribution in [2.75, 3.05) is 13.1 Å². The first kappa shape index (κ1) is 15.7. The SMILES string of the molecule is O=C(O)C1(C(F)(F)F)CCN(Cc2ccc(F)cc2F)C1. The van der Waals surface area contributed by atoms with Gasteiger partial charge in [-0.1, -0.05) is 6.07 Å². The van der Waals surface area contributed by atoms with Crippen LogP contribution in [0.15, 0.2) is 18.2 Å². The third kappa shape index (κ3) is 2.85. The van der Waals surface area contributed by atoms with Gasteiger partial charge in [-0.25, -0.2) is 8.78 Å². The summed E-state index contributed by atoms with van der Waals surface area (Å²) in [5, 5.41) is 8.90. The van der Waals surface area contributed by atoms with Gasteiger partial charge < -0.3 is 5.11 Å². The highest BCUT2D eigenvalue weighted by Crippen LogP contribution is 2.46. The Morgan fingerprint density at radius 2 is 2.00 bits per heavy atom. The molecule has 0 amide bonds. The lowest BCUT2D eigenvalue weighted by Crippen LogP contribution is -2.47. The Kier molecular flexibility index (Phi) is 3.92. The van der Waals surface area contributed by atoms with Gasteiger partial charge in [0.1, 0.15) is 11.6 Å². The number of hydrogen-bond acceptors (Lipinski definition) is 2. The number of aliphatic carboxylic acids is 1. The number of halogens is 5. The van der Waals surface area contributed by atoms with Crippen molar-refractivity contribution < 1.29 is 31.9 Å². The van der Waals surface area contributed by atoms with Crippen LogP contribution < -0.4 is 0 Å². The van der Waals surface area contributed by atoms with E-state index in [0.717, 1.165) is 12.1 Å². The Bertz CT molecular complexity index is 560. The van der Waals surface area contributed by atoms with E-state index < -0.39 is 42.2 Å². The number of nitrogens with zero attached hydrogens (tertiary/aromatic N) is 1. The van der Waals surface area contributed by atoms with Crippen LogP contribution in [0.1, 0.15) is 12.0 Å². The Balaban J connectivity index is 2.17. The quantitative estimate of drug-likeness (QED) is 0.873. The smallest absolute Gasteiger partial charge is 0.406 e. The average molecular weight is 309 g/mol. The number of carboxylic acids is 1. The summed E-state index contributed by atoms with van der Waals surface area (Å²) >= 11 is 0. The maximum Gasteiger partial charge on any atom is 0.406 e. The number of carboxylic acid groups (broad SMARTS) is 1. The van der Waals surface area contributed by atoms with E-state index in [9.17, 15) is 26.7 Å². The lowest BCUT2D eigenvalue weighted by atomic mass is 9.86. The van der Waals surface area contributed by atoms with E-state index in [-0.39, 0.29) is 18.7 Å². The molecule has 1 atom stereocenters. The molecule has 1 unspecified atom stereocenters. The van der Waals surface area contributed by atoms with E-state index in [2.05, 4.69) is 0 Å². The molecule has 1 heterocycles. The molecule has 1 saturated heterocycles. The van der Waals surface area contributed by atoms with Crippen LogP contribution in [0.5, 0.6) is 0 Å². The van der Waals surface area contributed by atoms with Crippen molar-refractivity contribution in [1.29, 1.82) is 0 Å².